The number of nitrogens with one attached hydrogen (secondary N) is 1. The van der Waals surface area contributed by atoms with Gasteiger partial charge in [-0.3, -0.25) is 9.59 Å². The Hall–Kier alpha value is -2.50. The summed E-state index contributed by atoms with van der Waals surface area (Å²) in [6, 6.07) is 11.7. The van der Waals surface area contributed by atoms with Gasteiger partial charge < -0.3 is 10.2 Å². The van der Waals surface area contributed by atoms with Crippen molar-refractivity contribution >= 4 is 43.6 Å². The highest BCUT2D eigenvalue weighted by Crippen LogP contribution is 2.24. The number of halogens is 2. The van der Waals surface area contributed by atoms with Crippen molar-refractivity contribution in [1.82, 2.24) is 14.5 Å². The van der Waals surface area contributed by atoms with Gasteiger partial charge in [0.05, 0.1) is 5.69 Å². The van der Waals surface area contributed by atoms with Crippen molar-refractivity contribution in [2.75, 3.05) is 31.5 Å². The quantitative estimate of drug-likeness (QED) is 0.448. The van der Waals surface area contributed by atoms with Gasteiger partial charge in [-0.25, -0.2) is 8.70 Å². The van der Waals surface area contributed by atoms with E-state index in [1.165, 1.54) is 37.2 Å². The summed E-state index contributed by atoms with van der Waals surface area (Å²) in [4.78, 5) is 27.7. The second-order valence-electron chi connectivity index (χ2n) is 8.71. The van der Waals surface area contributed by atoms with Crippen LogP contribution in [0.4, 0.5) is 10.1 Å². The van der Waals surface area contributed by atoms with Crippen molar-refractivity contribution in [2.45, 2.75) is 33.4 Å². The molecule has 0 bridgehead atoms. The van der Waals surface area contributed by atoms with Gasteiger partial charge in [0.2, 0.25) is 11.8 Å². The molecule has 0 aliphatic carbocycles. The normalized spacial score (nSPS) is 12.5. The van der Waals surface area contributed by atoms with Crippen LogP contribution in [0.1, 0.15) is 26.3 Å². The number of carbonyl (C=O) groups excluding carboxylic acids is 2. The zero-order valence-corrected chi connectivity index (χ0v) is 22.9. The molecule has 2 rings (SSSR count). The molecule has 0 saturated heterocycles. The van der Waals surface area contributed by atoms with Crippen LogP contribution in [0.5, 0.6) is 0 Å². The van der Waals surface area contributed by atoms with Gasteiger partial charge in [0, 0.05) is 31.7 Å². The number of amides is 2. The Bertz CT molecular complexity index is 1140. The number of anilines is 1. The van der Waals surface area contributed by atoms with E-state index >= 15 is 0 Å². The molecule has 0 spiro atoms. The first kappa shape index (κ1) is 28.7. The minimum atomic E-state index is -4.22. The fourth-order valence-electron chi connectivity index (χ4n) is 3.22. The van der Waals surface area contributed by atoms with Crippen molar-refractivity contribution in [1.29, 1.82) is 0 Å². The van der Waals surface area contributed by atoms with Gasteiger partial charge in [0.15, 0.2) is 0 Å². The largest absolute Gasteiger partial charge is 0.354 e. The number of benzene rings is 2. The first-order valence-electron chi connectivity index (χ1n) is 11.1. The van der Waals surface area contributed by atoms with Crippen LogP contribution in [0, 0.1) is 11.7 Å². The van der Waals surface area contributed by atoms with Crippen molar-refractivity contribution in [3.05, 3.63) is 64.4 Å². The Morgan fingerprint density at radius 3 is 2.29 bits per heavy atom. The number of hydrogen-bond donors (Lipinski definition) is 1. The average molecular weight is 572 g/mol. The summed E-state index contributed by atoms with van der Waals surface area (Å²) in [5, 5.41) is 2.81. The van der Waals surface area contributed by atoms with Crippen molar-refractivity contribution in [2.24, 2.45) is 5.92 Å². The summed E-state index contributed by atoms with van der Waals surface area (Å²) in [7, 11) is -1.62. The smallest absolute Gasteiger partial charge is 0.304 e. The Labute approximate surface area is 215 Å². The average Bonchev–Trinajstić information content (AvgIpc) is 2.79. The molecule has 0 aliphatic rings. The molecule has 0 unspecified atom stereocenters. The minimum absolute atomic E-state index is 0.0572. The van der Waals surface area contributed by atoms with E-state index in [2.05, 4.69) is 21.2 Å². The zero-order chi connectivity index (χ0) is 26.3. The van der Waals surface area contributed by atoms with Crippen molar-refractivity contribution < 1.29 is 22.4 Å². The molecular weight excluding hydrogens is 539 g/mol. The molecule has 2 aromatic rings. The maximum Gasteiger partial charge on any atom is 0.304 e. The van der Waals surface area contributed by atoms with Gasteiger partial charge >= 0.3 is 10.2 Å². The molecule has 0 heterocycles. The van der Waals surface area contributed by atoms with E-state index in [0.29, 0.717) is 6.54 Å². The first-order valence-corrected chi connectivity index (χ1v) is 13.3. The van der Waals surface area contributed by atoms with Crippen LogP contribution in [0.25, 0.3) is 0 Å². The van der Waals surface area contributed by atoms with E-state index in [-0.39, 0.29) is 24.1 Å². The van der Waals surface area contributed by atoms with Crippen LogP contribution in [0.15, 0.2) is 53.0 Å². The van der Waals surface area contributed by atoms with Crippen LogP contribution in [-0.2, 0) is 26.3 Å². The fraction of sp³-hybridized carbons (Fsp3) is 0.417. The van der Waals surface area contributed by atoms with E-state index in [1.54, 1.807) is 19.1 Å². The van der Waals surface area contributed by atoms with Gasteiger partial charge in [0.25, 0.3) is 0 Å². The lowest BCUT2D eigenvalue weighted by atomic mass is 10.1. The van der Waals surface area contributed by atoms with E-state index in [0.717, 1.165) is 24.7 Å². The summed E-state index contributed by atoms with van der Waals surface area (Å²) in [6.45, 7) is 5.29. The molecule has 0 saturated carbocycles. The van der Waals surface area contributed by atoms with Crippen LogP contribution >= 0.6 is 15.9 Å². The number of carbonyl (C=O) groups is 2. The van der Waals surface area contributed by atoms with Crippen LogP contribution in [0.3, 0.4) is 0 Å². The SMILES string of the molecule is CC(C)CNC(=O)[C@H](C)N(Cc1cccc(Br)c1)C(=O)CN(c1ccccc1F)S(=O)(=O)N(C)C. The molecule has 0 aliphatic heterocycles. The lowest BCUT2D eigenvalue weighted by molar-refractivity contribution is -0.139. The Balaban J connectivity index is 2.45. The molecule has 0 radical (unpaired) electrons. The predicted octanol–water partition coefficient (Wildman–Crippen LogP) is 3.39. The second kappa shape index (κ2) is 12.5. The first-order chi connectivity index (χ1) is 16.3. The standard InChI is InChI=1S/C24H32BrFN4O4S/c1-17(2)14-27-24(32)18(3)29(15-19-9-8-10-20(25)13-19)23(31)16-30(35(33,34)28(4)5)22-12-7-6-11-21(22)26/h6-13,17-18H,14-16H2,1-5H3,(H,27,32)/t18-/m0/s1. The summed E-state index contributed by atoms with van der Waals surface area (Å²) < 4.78 is 43.1. The fourth-order valence-corrected chi connectivity index (χ4v) is 4.73. The maximum absolute atomic E-state index is 14.6. The number of rotatable bonds is 11. The van der Waals surface area contributed by atoms with E-state index < -0.39 is 34.5 Å². The van der Waals surface area contributed by atoms with E-state index in [9.17, 15) is 22.4 Å². The summed E-state index contributed by atoms with van der Waals surface area (Å²) in [6.07, 6.45) is 0. The maximum atomic E-state index is 14.6. The summed E-state index contributed by atoms with van der Waals surface area (Å²) in [5.41, 5.74) is 0.484. The topological polar surface area (TPSA) is 90.0 Å². The highest BCUT2D eigenvalue weighted by Gasteiger charge is 2.33. The molecule has 1 atom stereocenters. The van der Waals surface area contributed by atoms with Crippen LogP contribution in [-0.4, -0.2) is 62.7 Å². The third kappa shape index (κ3) is 7.74. The molecule has 35 heavy (non-hydrogen) atoms. The zero-order valence-electron chi connectivity index (χ0n) is 20.5. The highest BCUT2D eigenvalue weighted by atomic mass is 79.9. The van der Waals surface area contributed by atoms with Gasteiger partial charge in [-0.15, -0.1) is 0 Å². The molecule has 192 valence electrons. The lowest BCUT2D eigenvalue weighted by Crippen LogP contribution is -2.52. The Morgan fingerprint density at radius 2 is 1.71 bits per heavy atom. The molecule has 0 fully saturated rings. The molecule has 11 heteroatoms. The Kier molecular flexibility index (Phi) is 10.2. The molecule has 1 N–H and O–H groups in total. The summed E-state index contributed by atoms with van der Waals surface area (Å²) in [5.74, 6) is -1.59. The van der Waals surface area contributed by atoms with E-state index in [1.807, 2.05) is 26.0 Å². The predicted molar refractivity (Wildman–Crippen MR) is 138 cm³/mol. The molecule has 8 nitrogen and oxygen atoms in total. The molecule has 0 aromatic heterocycles. The minimum Gasteiger partial charge on any atom is -0.354 e. The number of nitrogens with zero attached hydrogens (tertiary/aromatic N) is 3. The molecular formula is C24H32BrFN4O4S. The second-order valence-corrected chi connectivity index (χ2v) is 11.7. The highest BCUT2D eigenvalue weighted by molar-refractivity contribution is 9.10. The van der Waals surface area contributed by atoms with Crippen LogP contribution in [0.2, 0.25) is 0 Å². The van der Waals surface area contributed by atoms with Gasteiger partial charge in [0.1, 0.15) is 18.4 Å². The number of hydrogen-bond acceptors (Lipinski definition) is 4. The third-order valence-corrected chi connectivity index (χ3v) is 7.53. The third-order valence-electron chi connectivity index (χ3n) is 5.23. The number of para-hydroxylation sites is 1. The summed E-state index contributed by atoms with van der Waals surface area (Å²) >= 11 is 3.40. The van der Waals surface area contributed by atoms with Gasteiger partial charge in [-0.1, -0.05) is 54.0 Å². The Morgan fingerprint density at radius 1 is 1.06 bits per heavy atom. The van der Waals surface area contributed by atoms with E-state index in [4.69, 9.17) is 0 Å². The molecule has 2 amide bonds. The van der Waals surface area contributed by atoms with Crippen molar-refractivity contribution in [3.8, 4) is 0 Å². The molecule has 2 aromatic carbocycles. The van der Waals surface area contributed by atoms with Gasteiger partial charge in [-0.2, -0.15) is 12.7 Å². The lowest BCUT2D eigenvalue weighted by Gasteiger charge is -2.33. The monoisotopic (exact) mass is 570 g/mol. The van der Waals surface area contributed by atoms with Gasteiger partial charge in [-0.05, 0) is 42.7 Å². The van der Waals surface area contributed by atoms with Crippen LogP contribution < -0.4 is 9.62 Å². The van der Waals surface area contributed by atoms with Crippen molar-refractivity contribution in [3.63, 3.8) is 0 Å².